The maximum atomic E-state index is 13.6. The van der Waals surface area contributed by atoms with Gasteiger partial charge in [-0.3, -0.25) is 9.59 Å². The number of nitrogens with zero attached hydrogens (tertiary/aromatic N) is 3. The molecule has 2 heterocycles. The van der Waals surface area contributed by atoms with E-state index in [1.807, 2.05) is 0 Å². The van der Waals surface area contributed by atoms with E-state index in [1.165, 1.54) is 46.8 Å². The molecule has 0 radical (unpaired) electrons. The minimum Gasteiger partial charge on any atom is -0.497 e. The van der Waals surface area contributed by atoms with Gasteiger partial charge in [0.15, 0.2) is 0 Å². The summed E-state index contributed by atoms with van der Waals surface area (Å²) in [5.41, 5.74) is 1.17. The average molecular weight is 422 g/mol. The average Bonchev–Trinajstić information content (AvgIpc) is 3.15. The van der Waals surface area contributed by atoms with Crippen LogP contribution in [0.1, 0.15) is 5.56 Å². The molecule has 0 bridgehead atoms. The van der Waals surface area contributed by atoms with Gasteiger partial charge in [0.2, 0.25) is 5.91 Å². The number of carbonyl (C=O) groups excluding carboxylic acids is 1. The Balaban J connectivity index is 1.67. The summed E-state index contributed by atoms with van der Waals surface area (Å²) in [7, 11) is 1.53. The molecule has 8 nitrogen and oxygen atoms in total. The van der Waals surface area contributed by atoms with Gasteiger partial charge in [-0.15, -0.1) is 0 Å². The standard InChI is InChI=1S/C22H19FN4O4/c1-31-17-7-3-6-16(11-17)24-19(29)12-26-8-9-27-21(22(26)30)18(13-28)20(25-27)14-4-2-5-15(23)10-14/h2-11,28H,12-13H2,1H3,(H,24,29). The van der Waals surface area contributed by atoms with Gasteiger partial charge in [-0.25, -0.2) is 8.91 Å². The van der Waals surface area contributed by atoms with Crippen LogP contribution in [-0.4, -0.2) is 32.3 Å². The molecule has 0 atom stereocenters. The number of benzene rings is 2. The summed E-state index contributed by atoms with van der Waals surface area (Å²) >= 11 is 0. The number of aliphatic hydroxyl groups is 1. The van der Waals surface area contributed by atoms with E-state index in [2.05, 4.69) is 10.4 Å². The topological polar surface area (TPSA) is 97.9 Å². The van der Waals surface area contributed by atoms with Crippen LogP contribution in [0, 0.1) is 5.82 Å². The molecule has 0 spiro atoms. The second-order valence-electron chi connectivity index (χ2n) is 6.80. The molecule has 0 saturated carbocycles. The fourth-order valence-electron chi connectivity index (χ4n) is 3.35. The van der Waals surface area contributed by atoms with Crippen molar-refractivity contribution in [2.24, 2.45) is 0 Å². The second-order valence-corrected chi connectivity index (χ2v) is 6.80. The number of aliphatic hydroxyl groups excluding tert-OH is 1. The summed E-state index contributed by atoms with van der Waals surface area (Å²) in [5.74, 6) is -0.270. The number of rotatable bonds is 6. The molecule has 9 heteroatoms. The highest BCUT2D eigenvalue weighted by molar-refractivity contribution is 5.90. The number of amides is 1. The molecule has 0 aliphatic heterocycles. The number of methoxy groups -OCH3 is 1. The van der Waals surface area contributed by atoms with Crippen molar-refractivity contribution in [3.63, 3.8) is 0 Å². The van der Waals surface area contributed by atoms with Gasteiger partial charge in [0, 0.05) is 35.3 Å². The maximum absolute atomic E-state index is 13.6. The molecular weight excluding hydrogens is 403 g/mol. The van der Waals surface area contributed by atoms with Crippen molar-refractivity contribution in [3.05, 3.63) is 82.7 Å². The highest BCUT2D eigenvalue weighted by Crippen LogP contribution is 2.25. The molecule has 1 amide bonds. The van der Waals surface area contributed by atoms with Crippen molar-refractivity contribution in [3.8, 4) is 17.0 Å². The third-order valence-electron chi connectivity index (χ3n) is 4.78. The summed E-state index contributed by atoms with van der Waals surface area (Å²) in [5, 5.41) is 16.9. The molecule has 0 aliphatic carbocycles. The van der Waals surface area contributed by atoms with E-state index >= 15 is 0 Å². The first-order valence-electron chi connectivity index (χ1n) is 9.41. The highest BCUT2D eigenvalue weighted by Gasteiger charge is 2.19. The molecule has 4 aromatic rings. The molecule has 0 fully saturated rings. The second kappa shape index (κ2) is 8.41. The van der Waals surface area contributed by atoms with Gasteiger partial charge in [0.05, 0.1) is 19.4 Å². The van der Waals surface area contributed by atoms with Crippen LogP contribution >= 0.6 is 0 Å². The summed E-state index contributed by atoms with van der Waals surface area (Å²) in [6.45, 7) is -0.706. The summed E-state index contributed by atoms with van der Waals surface area (Å²) in [6, 6.07) is 12.6. The molecule has 0 saturated heterocycles. The van der Waals surface area contributed by atoms with Crippen LogP contribution in [0.15, 0.2) is 65.7 Å². The quantitative estimate of drug-likeness (QED) is 0.497. The van der Waals surface area contributed by atoms with Gasteiger partial charge < -0.3 is 19.7 Å². The Kier molecular flexibility index (Phi) is 5.50. The lowest BCUT2D eigenvalue weighted by atomic mass is 10.1. The van der Waals surface area contributed by atoms with Crippen LogP contribution in [0.5, 0.6) is 5.75 Å². The number of fused-ring (bicyclic) bond motifs is 1. The lowest BCUT2D eigenvalue weighted by molar-refractivity contribution is -0.116. The molecule has 158 valence electrons. The number of carbonyl (C=O) groups is 1. The molecule has 31 heavy (non-hydrogen) atoms. The van der Waals surface area contributed by atoms with Gasteiger partial charge in [-0.1, -0.05) is 18.2 Å². The summed E-state index contributed by atoms with van der Waals surface area (Å²) in [6.07, 6.45) is 2.95. The Morgan fingerprint density at radius 1 is 1.19 bits per heavy atom. The molecule has 0 aliphatic rings. The number of nitrogens with one attached hydrogen (secondary N) is 1. The largest absolute Gasteiger partial charge is 0.497 e. The van der Waals surface area contributed by atoms with Crippen molar-refractivity contribution in [2.45, 2.75) is 13.2 Å². The van der Waals surface area contributed by atoms with E-state index in [1.54, 1.807) is 30.3 Å². The molecular formula is C22H19FN4O4. The zero-order valence-corrected chi connectivity index (χ0v) is 16.6. The molecule has 2 aromatic heterocycles. The molecule has 0 unspecified atom stereocenters. The third kappa shape index (κ3) is 4.03. The van der Waals surface area contributed by atoms with Crippen molar-refractivity contribution in [1.29, 1.82) is 0 Å². The fraction of sp³-hybridized carbons (Fsp3) is 0.136. The monoisotopic (exact) mass is 422 g/mol. The van der Waals surface area contributed by atoms with Crippen LogP contribution in [0.3, 0.4) is 0 Å². The van der Waals surface area contributed by atoms with Crippen LogP contribution < -0.4 is 15.6 Å². The Bertz CT molecular complexity index is 1330. The van der Waals surface area contributed by atoms with Gasteiger partial charge >= 0.3 is 0 Å². The normalized spacial score (nSPS) is 10.9. The SMILES string of the molecule is COc1cccc(NC(=O)Cn2ccn3nc(-c4cccc(F)c4)c(CO)c3c2=O)c1. The Labute approximate surface area is 176 Å². The number of ether oxygens (including phenoxy) is 1. The van der Waals surface area contributed by atoms with Crippen LogP contribution in [-0.2, 0) is 17.9 Å². The van der Waals surface area contributed by atoms with Gasteiger partial charge in [-0.2, -0.15) is 5.10 Å². The van der Waals surface area contributed by atoms with Crippen molar-refractivity contribution in [1.82, 2.24) is 14.2 Å². The Morgan fingerprint density at radius 2 is 2.00 bits per heavy atom. The fourth-order valence-corrected chi connectivity index (χ4v) is 3.35. The summed E-state index contributed by atoms with van der Waals surface area (Å²) < 4.78 is 21.3. The van der Waals surface area contributed by atoms with Gasteiger partial charge in [0.25, 0.3) is 5.56 Å². The summed E-state index contributed by atoms with van der Waals surface area (Å²) in [4.78, 5) is 25.5. The van der Waals surface area contributed by atoms with Gasteiger partial charge in [-0.05, 0) is 24.3 Å². The molecule has 4 rings (SSSR count). The number of aromatic nitrogens is 3. The van der Waals surface area contributed by atoms with E-state index in [9.17, 15) is 19.1 Å². The smallest absolute Gasteiger partial charge is 0.277 e. The predicted octanol–water partition coefficient (Wildman–Crippen LogP) is 2.44. The molecule has 2 aromatic carbocycles. The van der Waals surface area contributed by atoms with Gasteiger partial charge in [0.1, 0.15) is 23.6 Å². The lowest BCUT2D eigenvalue weighted by Crippen LogP contribution is -2.28. The van der Waals surface area contributed by atoms with Crippen molar-refractivity contribution >= 4 is 17.1 Å². The number of hydrogen-bond acceptors (Lipinski definition) is 5. The first-order chi connectivity index (χ1) is 15.0. The van der Waals surface area contributed by atoms with Crippen LogP contribution in [0.25, 0.3) is 16.8 Å². The van der Waals surface area contributed by atoms with Crippen LogP contribution in [0.2, 0.25) is 0 Å². The predicted molar refractivity (Wildman–Crippen MR) is 112 cm³/mol. The molecule has 2 N–H and O–H groups in total. The lowest BCUT2D eigenvalue weighted by Gasteiger charge is -2.09. The van der Waals surface area contributed by atoms with E-state index < -0.39 is 23.9 Å². The minimum atomic E-state index is -0.498. The van der Waals surface area contributed by atoms with E-state index in [0.29, 0.717) is 22.7 Å². The number of anilines is 1. The number of hydrogen-bond donors (Lipinski definition) is 2. The van der Waals surface area contributed by atoms with E-state index in [4.69, 9.17) is 4.74 Å². The number of halogens is 1. The highest BCUT2D eigenvalue weighted by atomic mass is 19.1. The zero-order valence-electron chi connectivity index (χ0n) is 16.6. The maximum Gasteiger partial charge on any atom is 0.277 e. The van der Waals surface area contributed by atoms with Crippen molar-refractivity contribution < 1.29 is 19.0 Å². The van der Waals surface area contributed by atoms with E-state index in [-0.39, 0.29) is 17.6 Å². The third-order valence-corrected chi connectivity index (χ3v) is 4.78. The Hall–Kier alpha value is -3.98. The first-order valence-corrected chi connectivity index (χ1v) is 9.41. The van der Waals surface area contributed by atoms with Crippen molar-refractivity contribution in [2.75, 3.05) is 12.4 Å². The Morgan fingerprint density at radius 3 is 2.74 bits per heavy atom. The van der Waals surface area contributed by atoms with E-state index in [0.717, 1.165) is 0 Å². The minimum absolute atomic E-state index is 0.124. The zero-order chi connectivity index (χ0) is 22.0. The first kappa shape index (κ1) is 20.3. The van der Waals surface area contributed by atoms with Crippen LogP contribution in [0.4, 0.5) is 10.1 Å².